The van der Waals surface area contributed by atoms with Crippen molar-refractivity contribution in [3.63, 3.8) is 0 Å². The van der Waals surface area contributed by atoms with Gasteiger partial charge in [0.15, 0.2) is 5.78 Å². The van der Waals surface area contributed by atoms with Gasteiger partial charge in [-0.05, 0) is 31.2 Å². The van der Waals surface area contributed by atoms with Gasteiger partial charge in [0.1, 0.15) is 17.2 Å². The Balaban J connectivity index is 2.05. The molecular weight excluding hydrogens is 266 g/mol. The summed E-state index contributed by atoms with van der Waals surface area (Å²) in [6, 6.07) is 9.26. The molecule has 0 fully saturated rings. The molecule has 0 N–H and O–H groups in total. The van der Waals surface area contributed by atoms with Crippen molar-refractivity contribution in [3.8, 4) is 11.5 Å². The van der Waals surface area contributed by atoms with Crippen LogP contribution in [-0.4, -0.2) is 20.5 Å². The van der Waals surface area contributed by atoms with Crippen LogP contribution in [0.5, 0.6) is 11.5 Å². The third-order valence-electron chi connectivity index (χ3n) is 3.23. The van der Waals surface area contributed by atoms with Gasteiger partial charge in [0, 0.05) is 31.1 Å². The van der Waals surface area contributed by atoms with Gasteiger partial charge in [0.2, 0.25) is 0 Å². The van der Waals surface area contributed by atoms with Crippen molar-refractivity contribution in [3.05, 3.63) is 48.4 Å². The molecule has 0 unspecified atom stereocenters. The fourth-order valence-corrected chi connectivity index (χ4v) is 2.26. The molecule has 0 aliphatic heterocycles. The third kappa shape index (κ3) is 2.50. The van der Waals surface area contributed by atoms with Gasteiger partial charge in [0.25, 0.3) is 0 Å². The van der Waals surface area contributed by atoms with E-state index in [1.54, 1.807) is 12.4 Å². The van der Waals surface area contributed by atoms with Crippen molar-refractivity contribution >= 4 is 16.7 Å². The smallest absolute Gasteiger partial charge is 0.180 e. The highest BCUT2D eigenvalue weighted by Gasteiger charge is 2.14. The van der Waals surface area contributed by atoms with E-state index in [1.807, 2.05) is 41.9 Å². The van der Waals surface area contributed by atoms with Crippen molar-refractivity contribution in [1.29, 1.82) is 0 Å². The second-order valence-electron chi connectivity index (χ2n) is 4.69. The van der Waals surface area contributed by atoms with E-state index in [4.69, 9.17) is 4.74 Å². The number of rotatable bonds is 4. The van der Waals surface area contributed by atoms with Crippen molar-refractivity contribution in [2.75, 3.05) is 0 Å². The second-order valence-corrected chi connectivity index (χ2v) is 4.69. The van der Waals surface area contributed by atoms with Crippen molar-refractivity contribution < 1.29 is 9.53 Å². The van der Waals surface area contributed by atoms with Crippen molar-refractivity contribution in [1.82, 2.24) is 14.8 Å². The average molecular weight is 281 g/mol. The molecule has 0 saturated carbocycles. The number of ether oxygens (including phenoxy) is 1. The summed E-state index contributed by atoms with van der Waals surface area (Å²) in [6.07, 6.45) is 3.35. The molecule has 0 amide bonds. The normalized spacial score (nSPS) is 10.8. The number of pyridine rings is 1. The summed E-state index contributed by atoms with van der Waals surface area (Å²) >= 11 is 0. The van der Waals surface area contributed by atoms with Gasteiger partial charge in [-0.3, -0.25) is 14.5 Å². The highest BCUT2D eigenvalue weighted by atomic mass is 16.5. The lowest BCUT2D eigenvalue weighted by Gasteiger charge is -2.05. The average Bonchev–Trinajstić information content (AvgIpc) is 2.86. The number of nitrogens with zero attached hydrogens (tertiary/aromatic N) is 3. The molecule has 0 atom stereocenters. The molecule has 21 heavy (non-hydrogen) atoms. The number of Topliss-reactive ketones (excluding diaryl/α,β-unsaturated/α-hetero) is 1. The molecule has 106 valence electrons. The van der Waals surface area contributed by atoms with E-state index in [2.05, 4.69) is 10.1 Å². The van der Waals surface area contributed by atoms with E-state index < -0.39 is 0 Å². The number of hydrogen-bond donors (Lipinski definition) is 0. The number of benzene rings is 1. The van der Waals surface area contributed by atoms with Gasteiger partial charge in [-0.2, -0.15) is 5.10 Å². The Morgan fingerprint density at radius 1 is 1.29 bits per heavy atom. The summed E-state index contributed by atoms with van der Waals surface area (Å²) in [5.74, 6) is 1.33. The first-order valence-corrected chi connectivity index (χ1v) is 6.78. The molecule has 2 heterocycles. The summed E-state index contributed by atoms with van der Waals surface area (Å²) in [7, 11) is 0. The number of aromatic nitrogens is 3. The summed E-state index contributed by atoms with van der Waals surface area (Å²) in [5, 5.41) is 5.20. The fraction of sp³-hybridized carbons (Fsp3) is 0.188. The summed E-state index contributed by atoms with van der Waals surface area (Å²) in [4.78, 5) is 15.7. The molecular formula is C16H15N3O2. The minimum Gasteiger partial charge on any atom is -0.456 e. The second kappa shape index (κ2) is 5.36. The molecule has 0 aliphatic rings. The standard InChI is InChI=1S/C16H15N3O2/c1-3-19-15-9-12(21-13-5-4-8-17-10-13)6-7-14(15)16(18-19)11(2)20/h4-10H,3H2,1-2H3. The van der Waals surface area contributed by atoms with Gasteiger partial charge in [-0.1, -0.05) is 0 Å². The molecule has 0 spiro atoms. The largest absolute Gasteiger partial charge is 0.456 e. The zero-order valence-corrected chi connectivity index (χ0v) is 11.9. The first-order valence-electron chi connectivity index (χ1n) is 6.78. The Kier molecular flexibility index (Phi) is 3.39. The van der Waals surface area contributed by atoms with E-state index in [1.165, 1.54) is 6.92 Å². The highest BCUT2D eigenvalue weighted by Crippen LogP contribution is 2.27. The Bertz CT molecular complexity index is 794. The molecule has 0 saturated heterocycles. The molecule has 0 bridgehead atoms. The van der Waals surface area contributed by atoms with Crippen LogP contribution in [-0.2, 0) is 6.54 Å². The third-order valence-corrected chi connectivity index (χ3v) is 3.23. The maximum absolute atomic E-state index is 11.6. The number of fused-ring (bicyclic) bond motifs is 1. The van der Waals surface area contributed by atoms with E-state index >= 15 is 0 Å². The predicted octanol–water partition coefficient (Wildman–Crippen LogP) is 3.45. The number of aryl methyl sites for hydroxylation is 1. The Morgan fingerprint density at radius 3 is 2.81 bits per heavy atom. The van der Waals surface area contributed by atoms with Gasteiger partial charge in [-0.15, -0.1) is 0 Å². The quantitative estimate of drug-likeness (QED) is 0.687. The fourth-order valence-electron chi connectivity index (χ4n) is 2.26. The van der Waals surface area contributed by atoms with E-state index in [0.717, 1.165) is 10.9 Å². The van der Waals surface area contributed by atoms with Crippen LogP contribution in [0.15, 0.2) is 42.7 Å². The Hall–Kier alpha value is -2.69. The summed E-state index contributed by atoms with van der Waals surface area (Å²) < 4.78 is 7.57. The molecule has 3 rings (SSSR count). The van der Waals surface area contributed by atoms with Crippen LogP contribution >= 0.6 is 0 Å². The summed E-state index contributed by atoms with van der Waals surface area (Å²) in [6.45, 7) is 4.22. The van der Waals surface area contributed by atoms with E-state index in [0.29, 0.717) is 23.7 Å². The first kappa shape index (κ1) is 13.3. The maximum Gasteiger partial charge on any atom is 0.180 e. The first-order chi connectivity index (χ1) is 10.2. The minimum absolute atomic E-state index is 0.0341. The van der Waals surface area contributed by atoms with Crippen LogP contribution in [0.2, 0.25) is 0 Å². The van der Waals surface area contributed by atoms with Crippen LogP contribution in [0.1, 0.15) is 24.3 Å². The molecule has 2 aromatic heterocycles. The summed E-state index contributed by atoms with van der Waals surface area (Å²) in [5.41, 5.74) is 1.39. The molecule has 0 aliphatic carbocycles. The Morgan fingerprint density at radius 2 is 2.14 bits per heavy atom. The van der Waals surface area contributed by atoms with E-state index in [9.17, 15) is 4.79 Å². The number of carbonyl (C=O) groups is 1. The van der Waals surface area contributed by atoms with Crippen LogP contribution in [0, 0.1) is 0 Å². The molecule has 5 heteroatoms. The Labute approximate surface area is 122 Å². The van der Waals surface area contributed by atoms with Gasteiger partial charge < -0.3 is 4.74 Å². The van der Waals surface area contributed by atoms with E-state index in [-0.39, 0.29) is 5.78 Å². The SMILES string of the molecule is CCn1nc(C(C)=O)c2ccc(Oc3cccnc3)cc21. The zero-order chi connectivity index (χ0) is 14.8. The molecule has 1 aromatic carbocycles. The van der Waals surface area contributed by atoms with Crippen LogP contribution < -0.4 is 4.74 Å². The topological polar surface area (TPSA) is 57.0 Å². The number of hydrogen-bond acceptors (Lipinski definition) is 4. The highest BCUT2D eigenvalue weighted by molar-refractivity contribution is 6.05. The molecule has 0 radical (unpaired) electrons. The minimum atomic E-state index is -0.0341. The van der Waals surface area contributed by atoms with Crippen molar-refractivity contribution in [2.45, 2.75) is 20.4 Å². The lowest BCUT2D eigenvalue weighted by Crippen LogP contribution is -1.99. The maximum atomic E-state index is 11.6. The predicted molar refractivity (Wildman–Crippen MR) is 79.7 cm³/mol. The van der Waals surface area contributed by atoms with Crippen LogP contribution in [0.3, 0.4) is 0 Å². The monoisotopic (exact) mass is 281 g/mol. The van der Waals surface area contributed by atoms with Crippen LogP contribution in [0.25, 0.3) is 10.9 Å². The van der Waals surface area contributed by atoms with Crippen molar-refractivity contribution in [2.24, 2.45) is 0 Å². The number of carbonyl (C=O) groups excluding carboxylic acids is 1. The van der Waals surface area contributed by atoms with Gasteiger partial charge in [-0.25, -0.2) is 0 Å². The van der Waals surface area contributed by atoms with Crippen LogP contribution in [0.4, 0.5) is 0 Å². The number of ketones is 1. The molecule has 5 nitrogen and oxygen atoms in total. The van der Waals surface area contributed by atoms with Gasteiger partial charge >= 0.3 is 0 Å². The lowest BCUT2D eigenvalue weighted by atomic mass is 10.1. The van der Waals surface area contributed by atoms with Gasteiger partial charge in [0.05, 0.1) is 11.7 Å². The lowest BCUT2D eigenvalue weighted by molar-refractivity contribution is 0.101. The zero-order valence-electron chi connectivity index (χ0n) is 11.9. The molecule has 3 aromatic rings.